The van der Waals surface area contributed by atoms with Crippen LogP contribution in [0, 0.1) is 0 Å². The van der Waals surface area contributed by atoms with E-state index < -0.39 is 16.5 Å². The standard InChI is InChI=1S/C7H14N2O2S/c1-7(2)6(10)8-4-5-9(7)12(3)11/h4-5H2,1-3H3,(H,8,10). The average Bonchev–Trinajstić information content (AvgIpc) is 1.94. The highest BCUT2D eigenvalue weighted by molar-refractivity contribution is 7.81. The van der Waals surface area contributed by atoms with Crippen LogP contribution in [0.4, 0.5) is 0 Å². The highest BCUT2D eigenvalue weighted by atomic mass is 32.2. The first-order valence-corrected chi connectivity index (χ1v) is 5.37. The molecule has 0 aromatic carbocycles. The minimum absolute atomic E-state index is 0.0519. The van der Waals surface area contributed by atoms with Crippen molar-refractivity contribution < 1.29 is 9.00 Å². The summed E-state index contributed by atoms with van der Waals surface area (Å²) in [6.45, 7) is 4.80. The predicted molar refractivity (Wildman–Crippen MR) is 47.9 cm³/mol. The van der Waals surface area contributed by atoms with Gasteiger partial charge in [0, 0.05) is 19.3 Å². The number of nitrogens with one attached hydrogen (secondary N) is 1. The lowest BCUT2D eigenvalue weighted by Gasteiger charge is -2.38. The van der Waals surface area contributed by atoms with Gasteiger partial charge in [-0.05, 0) is 13.8 Å². The van der Waals surface area contributed by atoms with Gasteiger partial charge in [-0.25, -0.2) is 8.51 Å². The van der Waals surface area contributed by atoms with Crippen LogP contribution in [0.15, 0.2) is 0 Å². The molecule has 0 aromatic heterocycles. The second-order valence-electron chi connectivity index (χ2n) is 3.34. The van der Waals surface area contributed by atoms with E-state index in [-0.39, 0.29) is 5.91 Å². The molecule has 0 bridgehead atoms. The van der Waals surface area contributed by atoms with Crippen molar-refractivity contribution in [2.45, 2.75) is 19.4 Å². The molecule has 1 N–H and O–H groups in total. The molecule has 0 spiro atoms. The fourth-order valence-corrected chi connectivity index (χ4v) is 2.40. The fourth-order valence-electron chi connectivity index (χ4n) is 1.33. The van der Waals surface area contributed by atoms with E-state index in [0.29, 0.717) is 13.1 Å². The monoisotopic (exact) mass is 190 g/mol. The van der Waals surface area contributed by atoms with E-state index >= 15 is 0 Å². The summed E-state index contributed by atoms with van der Waals surface area (Å²) in [6.07, 6.45) is 1.60. The Morgan fingerprint density at radius 3 is 2.58 bits per heavy atom. The molecular weight excluding hydrogens is 176 g/mol. The third kappa shape index (κ3) is 1.51. The molecule has 70 valence electrons. The first-order chi connectivity index (χ1) is 5.46. The number of rotatable bonds is 1. The lowest BCUT2D eigenvalue weighted by atomic mass is 10.0. The van der Waals surface area contributed by atoms with Crippen LogP contribution in [0.5, 0.6) is 0 Å². The molecule has 1 amide bonds. The van der Waals surface area contributed by atoms with E-state index in [1.165, 1.54) is 0 Å². The van der Waals surface area contributed by atoms with Gasteiger partial charge in [0.25, 0.3) is 0 Å². The van der Waals surface area contributed by atoms with Crippen molar-refractivity contribution in [2.75, 3.05) is 19.3 Å². The molecule has 5 heteroatoms. The van der Waals surface area contributed by atoms with E-state index in [2.05, 4.69) is 5.32 Å². The minimum atomic E-state index is -1.07. The molecule has 1 rings (SSSR count). The van der Waals surface area contributed by atoms with Crippen molar-refractivity contribution in [2.24, 2.45) is 0 Å². The summed E-state index contributed by atoms with van der Waals surface area (Å²) in [7, 11) is -1.07. The smallest absolute Gasteiger partial charge is 0.240 e. The quantitative estimate of drug-likeness (QED) is 0.605. The molecule has 1 aliphatic rings. The van der Waals surface area contributed by atoms with E-state index in [4.69, 9.17) is 0 Å². The molecule has 0 aromatic rings. The van der Waals surface area contributed by atoms with Gasteiger partial charge in [0.2, 0.25) is 5.91 Å². The number of carbonyl (C=O) groups is 1. The highest BCUT2D eigenvalue weighted by Gasteiger charge is 2.39. The summed E-state index contributed by atoms with van der Waals surface area (Å²) in [4.78, 5) is 11.3. The molecule has 0 aliphatic carbocycles. The summed E-state index contributed by atoms with van der Waals surface area (Å²) in [6, 6.07) is 0. The fraction of sp³-hybridized carbons (Fsp3) is 0.857. The van der Waals surface area contributed by atoms with Gasteiger partial charge in [0.05, 0.1) is 11.0 Å². The molecule has 1 fully saturated rings. The Hall–Kier alpha value is -0.420. The van der Waals surface area contributed by atoms with Crippen LogP contribution in [0.2, 0.25) is 0 Å². The minimum Gasteiger partial charge on any atom is -0.353 e. The van der Waals surface area contributed by atoms with Gasteiger partial charge in [0.15, 0.2) is 0 Å². The molecule has 1 atom stereocenters. The molecule has 1 unspecified atom stereocenters. The zero-order chi connectivity index (χ0) is 9.35. The van der Waals surface area contributed by atoms with Crippen molar-refractivity contribution in [3.05, 3.63) is 0 Å². The SMILES string of the molecule is CS(=O)N1CCNC(=O)C1(C)C. The summed E-state index contributed by atoms with van der Waals surface area (Å²) in [5.74, 6) is -0.0519. The summed E-state index contributed by atoms with van der Waals surface area (Å²) in [5, 5.41) is 2.74. The third-order valence-corrected chi connectivity index (χ3v) is 3.35. The molecular formula is C7H14N2O2S. The summed E-state index contributed by atoms with van der Waals surface area (Å²) in [5.41, 5.74) is -0.641. The first-order valence-electron chi connectivity index (χ1n) is 3.86. The topological polar surface area (TPSA) is 49.4 Å². The van der Waals surface area contributed by atoms with E-state index in [1.807, 2.05) is 0 Å². The number of nitrogens with zero attached hydrogens (tertiary/aromatic N) is 1. The van der Waals surface area contributed by atoms with Crippen molar-refractivity contribution in [1.82, 2.24) is 9.62 Å². The Labute approximate surface area is 74.9 Å². The van der Waals surface area contributed by atoms with Gasteiger partial charge in [0.1, 0.15) is 5.54 Å². The van der Waals surface area contributed by atoms with Gasteiger partial charge in [-0.15, -0.1) is 0 Å². The van der Waals surface area contributed by atoms with Crippen LogP contribution >= 0.6 is 0 Å². The van der Waals surface area contributed by atoms with Crippen LogP contribution in [-0.4, -0.2) is 39.3 Å². The Morgan fingerprint density at radius 2 is 2.17 bits per heavy atom. The first kappa shape index (κ1) is 9.67. The largest absolute Gasteiger partial charge is 0.353 e. The molecule has 1 heterocycles. The van der Waals surface area contributed by atoms with Crippen LogP contribution in [-0.2, 0) is 15.8 Å². The van der Waals surface area contributed by atoms with Gasteiger partial charge in [-0.3, -0.25) is 4.79 Å². The van der Waals surface area contributed by atoms with Gasteiger partial charge in [-0.1, -0.05) is 0 Å². The zero-order valence-corrected chi connectivity index (χ0v) is 8.40. The summed E-state index contributed by atoms with van der Waals surface area (Å²) < 4.78 is 12.9. The van der Waals surface area contributed by atoms with E-state index in [9.17, 15) is 9.00 Å². The molecule has 0 saturated carbocycles. The Bertz CT molecular complexity index is 227. The maximum absolute atomic E-state index is 11.3. The maximum atomic E-state index is 11.3. The molecule has 1 aliphatic heterocycles. The second-order valence-corrected chi connectivity index (χ2v) is 4.63. The van der Waals surface area contributed by atoms with Crippen molar-refractivity contribution in [1.29, 1.82) is 0 Å². The second kappa shape index (κ2) is 3.14. The van der Waals surface area contributed by atoms with Crippen LogP contribution in [0.1, 0.15) is 13.8 Å². The van der Waals surface area contributed by atoms with Gasteiger partial charge < -0.3 is 5.32 Å². The Kier molecular flexibility index (Phi) is 2.53. The summed E-state index contributed by atoms with van der Waals surface area (Å²) >= 11 is 0. The van der Waals surface area contributed by atoms with Crippen molar-refractivity contribution in [3.8, 4) is 0 Å². The van der Waals surface area contributed by atoms with Crippen molar-refractivity contribution in [3.63, 3.8) is 0 Å². The molecule has 1 saturated heterocycles. The van der Waals surface area contributed by atoms with Crippen molar-refractivity contribution >= 4 is 16.9 Å². The number of carbonyl (C=O) groups excluding carboxylic acids is 1. The lowest BCUT2D eigenvalue weighted by Crippen LogP contribution is -2.61. The highest BCUT2D eigenvalue weighted by Crippen LogP contribution is 2.18. The molecule has 0 radical (unpaired) electrons. The van der Waals surface area contributed by atoms with E-state index in [0.717, 1.165) is 0 Å². The number of hydrogen-bond donors (Lipinski definition) is 1. The van der Waals surface area contributed by atoms with Gasteiger partial charge in [-0.2, -0.15) is 0 Å². The molecule has 12 heavy (non-hydrogen) atoms. The lowest BCUT2D eigenvalue weighted by molar-refractivity contribution is -0.131. The average molecular weight is 190 g/mol. The number of piperazine rings is 1. The van der Waals surface area contributed by atoms with Crippen LogP contribution in [0.3, 0.4) is 0 Å². The third-order valence-electron chi connectivity index (χ3n) is 2.09. The zero-order valence-electron chi connectivity index (χ0n) is 7.59. The predicted octanol–water partition coefficient (Wildman–Crippen LogP) is -0.510. The van der Waals surface area contributed by atoms with E-state index in [1.54, 1.807) is 24.4 Å². The van der Waals surface area contributed by atoms with Gasteiger partial charge >= 0.3 is 0 Å². The maximum Gasteiger partial charge on any atom is 0.240 e. The van der Waals surface area contributed by atoms with Crippen LogP contribution < -0.4 is 5.32 Å². The number of amides is 1. The Morgan fingerprint density at radius 1 is 1.58 bits per heavy atom. The Balaban J connectivity index is 2.86. The molecule has 4 nitrogen and oxygen atoms in total. The number of hydrogen-bond acceptors (Lipinski definition) is 2. The normalized spacial score (nSPS) is 26.4. The van der Waals surface area contributed by atoms with Crippen LogP contribution in [0.25, 0.3) is 0 Å².